The van der Waals surface area contributed by atoms with Crippen molar-refractivity contribution in [1.29, 1.82) is 0 Å². The number of hydrogen-bond acceptors (Lipinski definition) is 7. The van der Waals surface area contributed by atoms with E-state index in [9.17, 15) is 13.2 Å². The minimum atomic E-state index is -3.69. The number of nitrogens with one attached hydrogen (secondary N) is 2. The predicted molar refractivity (Wildman–Crippen MR) is 131 cm³/mol. The number of aromatic nitrogens is 2. The molecule has 2 aromatic heterocycles. The Balaban J connectivity index is 0.00000187. The summed E-state index contributed by atoms with van der Waals surface area (Å²) in [5.74, 6) is 0.698. The number of carbonyl (C=O) groups excluding carboxylic acids is 1. The van der Waals surface area contributed by atoms with Crippen LogP contribution >= 0.6 is 11.3 Å². The monoisotopic (exact) mass is 491 g/mol. The molecule has 0 aliphatic heterocycles. The molecule has 9 nitrogen and oxygen atoms in total. The molecule has 33 heavy (non-hydrogen) atoms. The fraction of sp³-hybridized carbons (Fsp3) is 0.318. The Morgan fingerprint density at radius 3 is 2.42 bits per heavy atom. The van der Waals surface area contributed by atoms with Crippen LogP contribution in [-0.2, 0) is 16.6 Å². The van der Waals surface area contributed by atoms with Crippen LogP contribution in [0.3, 0.4) is 0 Å². The van der Waals surface area contributed by atoms with Gasteiger partial charge in [-0.15, -0.1) is 0 Å². The van der Waals surface area contributed by atoms with Gasteiger partial charge >= 0.3 is 6.03 Å². The molecule has 2 N–H and O–H groups in total. The standard InChI is InChI=1S/C20H23N5O4S2.C2H6/c1-4-29-17-10-8-15(9-11-17)24-19(26)25(13-16-7-5-6-12-22-16)20-23-14(2)18(30-20)31(27,28)21-3;1-2/h5-12,21H,4,13H2,1-3H3,(H,24,26);1-2H3. The number of urea groups is 1. The van der Waals surface area contributed by atoms with Crippen LogP contribution in [-0.4, -0.2) is 38.1 Å². The van der Waals surface area contributed by atoms with E-state index >= 15 is 0 Å². The van der Waals surface area contributed by atoms with Crippen LogP contribution in [0.25, 0.3) is 0 Å². The second kappa shape index (κ2) is 12.3. The first-order chi connectivity index (χ1) is 15.8. The third kappa shape index (κ3) is 6.98. The maximum absolute atomic E-state index is 13.1. The first-order valence-corrected chi connectivity index (χ1v) is 12.8. The summed E-state index contributed by atoms with van der Waals surface area (Å²) >= 11 is 0.922. The number of carbonyl (C=O) groups is 1. The minimum absolute atomic E-state index is 0.0601. The van der Waals surface area contributed by atoms with Gasteiger partial charge in [-0.1, -0.05) is 31.3 Å². The van der Waals surface area contributed by atoms with E-state index in [1.807, 2.05) is 26.8 Å². The molecule has 3 rings (SSSR count). The molecule has 178 valence electrons. The van der Waals surface area contributed by atoms with Crippen molar-refractivity contribution in [2.24, 2.45) is 0 Å². The zero-order valence-corrected chi connectivity index (χ0v) is 21.0. The summed E-state index contributed by atoms with van der Waals surface area (Å²) in [7, 11) is -2.36. The van der Waals surface area contributed by atoms with Gasteiger partial charge in [0.15, 0.2) is 9.34 Å². The zero-order valence-electron chi connectivity index (χ0n) is 19.3. The third-order valence-corrected chi connectivity index (χ3v) is 7.40. The number of hydrogen-bond donors (Lipinski definition) is 2. The van der Waals surface area contributed by atoms with Crippen LogP contribution in [0.15, 0.2) is 52.9 Å². The summed E-state index contributed by atoms with van der Waals surface area (Å²) < 4.78 is 32.3. The second-order valence-electron chi connectivity index (χ2n) is 6.37. The van der Waals surface area contributed by atoms with Crippen LogP contribution in [0.4, 0.5) is 15.6 Å². The smallest absolute Gasteiger partial charge is 0.328 e. The van der Waals surface area contributed by atoms with Gasteiger partial charge in [-0.25, -0.2) is 22.9 Å². The first-order valence-electron chi connectivity index (χ1n) is 10.5. The van der Waals surface area contributed by atoms with E-state index in [2.05, 4.69) is 20.0 Å². The van der Waals surface area contributed by atoms with Crippen LogP contribution in [0.5, 0.6) is 5.75 Å². The molecule has 2 amide bonds. The Kier molecular flexibility index (Phi) is 9.76. The molecule has 0 radical (unpaired) electrons. The van der Waals surface area contributed by atoms with Crippen molar-refractivity contribution in [1.82, 2.24) is 14.7 Å². The van der Waals surface area contributed by atoms with E-state index in [1.165, 1.54) is 11.9 Å². The van der Waals surface area contributed by atoms with E-state index in [4.69, 9.17) is 4.74 Å². The van der Waals surface area contributed by atoms with Gasteiger partial charge in [-0.3, -0.25) is 9.88 Å². The number of amides is 2. The summed E-state index contributed by atoms with van der Waals surface area (Å²) in [6.07, 6.45) is 1.63. The topological polar surface area (TPSA) is 114 Å². The normalized spacial score (nSPS) is 10.7. The number of sulfonamides is 1. The average molecular weight is 492 g/mol. The summed E-state index contributed by atoms with van der Waals surface area (Å²) in [6, 6.07) is 11.9. The molecule has 11 heteroatoms. The van der Waals surface area contributed by atoms with Crippen molar-refractivity contribution >= 4 is 38.2 Å². The van der Waals surface area contributed by atoms with E-state index in [-0.39, 0.29) is 15.9 Å². The molecule has 3 aromatic rings. The van der Waals surface area contributed by atoms with Gasteiger partial charge in [-0.05, 0) is 57.3 Å². The summed E-state index contributed by atoms with van der Waals surface area (Å²) in [5.41, 5.74) is 1.51. The molecule has 0 bridgehead atoms. The fourth-order valence-electron chi connectivity index (χ4n) is 2.70. The molecule has 0 aliphatic carbocycles. The van der Waals surface area contributed by atoms with Crippen LogP contribution in [0, 0.1) is 6.92 Å². The van der Waals surface area contributed by atoms with E-state index in [0.717, 1.165) is 11.3 Å². The molecular weight excluding hydrogens is 462 g/mol. The maximum atomic E-state index is 13.1. The number of pyridine rings is 1. The Hall–Kier alpha value is -3.02. The highest BCUT2D eigenvalue weighted by molar-refractivity contribution is 7.91. The number of thiazole rings is 1. The van der Waals surface area contributed by atoms with Crippen LogP contribution in [0.2, 0.25) is 0 Å². The first kappa shape index (κ1) is 26.2. The van der Waals surface area contributed by atoms with Gasteiger partial charge in [0, 0.05) is 11.9 Å². The van der Waals surface area contributed by atoms with Gasteiger partial charge in [0.05, 0.1) is 24.5 Å². The largest absolute Gasteiger partial charge is 0.494 e. The molecule has 0 aliphatic rings. The molecule has 0 saturated heterocycles. The Bertz CT molecular complexity index is 1130. The van der Waals surface area contributed by atoms with Crippen molar-refractivity contribution in [3.8, 4) is 5.75 Å². The SMILES string of the molecule is CC.CCOc1ccc(NC(=O)N(Cc2ccccn2)c2nc(C)c(S(=O)(=O)NC)s2)cc1. The molecule has 0 spiro atoms. The fourth-order valence-corrected chi connectivity index (χ4v) is 5.03. The third-order valence-electron chi connectivity index (χ3n) is 4.19. The van der Waals surface area contributed by atoms with E-state index in [0.29, 0.717) is 29.4 Å². The lowest BCUT2D eigenvalue weighted by Crippen LogP contribution is -2.34. The zero-order chi connectivity index (χ0) is 24.4. The lowest BCUT2D eigenvalue weighted by Gasteiger charge is -2.20. The number of anilines is 2. The molecule has 0 unspecified atom stereocenters. The Morgan fingerprint density at radius 2 is 1.85 bits per heavy atom. The molecule has 2 heterocycles. The van der Waals surface area contributed by atoms with Crippen molar-refractivity contribution in [2.75, 3.05) is 23.9 Å². The van der Waals surface area contributed by atoms with Crippen molar-refractivity contribution in [2.45, 2.75) is 38.4 Å². The minimum Gasteiger partial charge on any atom is -0.494 e. The molecule has 1 aromatic carbocycles. The second-order valence-corrected chi connectivity index (χ2v) is 9.43. The highest BCUT2D eigenvalue weighted by Crippen LogP contribution is 2.31. The van der Waals surface area contributed by atoms with Gasteiger partial charge in [0.25, 0.3) is 10.0 Å². The number of aryl methyl sites for hydroxylation is 1. The van der Waals surface area contributed by atoms with Crippen LogP contribution < -0.4 is 19.7 Å². The average Bonchev–Trinajstić information content (AvgIpc) is 3.23. The number of nitrogens with zero attached hydrogens (tertiary/aromatic N) is 3. The molecular formula is C22H29N5O4S2. The summed E-state index contributed by atoms with van der Waals surface area (Å²) in [5, 5.41) is 3.07. The van der Waals surface area contributed by atoms with Gasteiger partial charge in [-0.2, -0.15) is 0 Å². The Morgan fingerprint density at radius 1 is 1.15 bits per heavy atom. The lowest BCUT2D eigenvalue weighted by atomic mass is 10.3. The number of rotatable bonds is 8. The van der Waals surface area contributed by atoms with Gasteiger partial charge in [0.1, 0.15) is 5.75 Å². The van der Waals surface area contributed by atoms with Crippen molar-refractivity contribution < 1.29 is 17.9 Å². The molecule has 0 saturated carbocycles. The van der Waals surface area contributed by atoms with Crippen molar-refractivity contribution in [3.05, 3.63) is 60.0 Å². The molecule has 0 atom stereocenters. The summed E-state index contributed by atoms with van der Waals surface area (Å²) in [6.45, 7) is 8.15. The highest BCUT2D eigenvalue weighted by Gasteiger charge is 2.26. The lowest BCUT2D eigenvalue weighted by molar-refractivity contribution is 0.256. The number of benzene rings is 1. The van der Waals surface area contributed by atoms with Gasteiger partial charge < -0.3 is 10.1 Å². The van der Waals surface area contributed by atoms with E-state index < -0.39 is 16.1 Å². The quantitative estimate of drug-likeness (QED) is 0.482. The highest BCUT2D eigenvalue weighted by atomic mass is 32.2. The van der Waals surface area contributed by atoms with Crippen molar-refractivity contribution in [3.63, 3.8) is 0 Å². The Labute approximate surface area is 198 Å². The van der Waals surface area contributed by atoms with Gasteiger partial charge in [0.2, 0.25) is 0 Å². The van der Waals surface area contributed by atoms with E-state index in [1.54, 1.807) is 49.5 Å². The number of ether oxygens (including phenoxy) is 1. The van der Waals surface area contributed by atoms with Crippen LogP contribution in [0.1, 0.15) is 32.2 Å². The summed E-state index contributed by atoms with van der Waals surface area (Å²) in [4.78, 5) is 23.1. The predicted octanol–water partition coefficient (Wildman–Crippen LogP) is 4.42. The maximum Gasteiger partial charge on any atom is 0.328 e. The molecule has 0 fully saturated rings.